The van der Waals surface area contributed by atoms with Crippen molar-refractivity contribution in [2.75, 3.05) is 10.6 Å². The summed E-state index contributed by atoms with van der Waals surface area (Å²) in [6, 6.07) is 18.6. The monoisotopic (exact) mass is 335 g/mol. The van der Waals surface area contributed by atoms with Crippen LogP contribution in [0.5, 0.6) is 0 Å². The Kier molecular flexibility index (Phi) is 4.59. The molecule has 2 aromatic carbocycles. The maximum absolute atomic E-state index is 9.17. The van der Waals surface area contributed by atoms with Crippen molar-refractivity contribution < 1.29 is 0 Å². The normalized spacial score (nSPS) is 10.0. The molecule has 0 amide bonds. The lowest BCUT2D eigenvalue weighted by molar-refractivity contribution is 1.11. The van der Waals surface area contributed by atoms with Crippen molar-refractivity contribution in [2.24, 2.45) is 0 Å². The standard InChI is InChI=1S/C18H14ClN5/c1-12-10-17(22-16-9-5-3-7-14(16)19)24-18(21-12)23-15-8-4-2-6-13(15)11-20/h2-10H,1H3,(H2,21,22,23,24). The van der Waals surface area contributed by atoms with E-state index in [1.165, 1.54) is 0 Å². The van der Waals surface area contributed by atoms with Gasteiger partial charge in [0.15, 0.2) is 0 Å². The first kappa shape index (κ1) is 15.8. The Balaban J connectivity index is 1.89. The smallest absolute Gasteiger partial charge is 0.229 e. The van der Waals surface area contributed by atoms with Gasteiger partial charge in [0.25, 0.3) is 0 Å². The van der Waals surface area contributed by atoms with E-state index in [-0.39, 0.29) is 0 Å². The van der Waals surface area contributed by atoms with Gasteiger partial charge in [-0.1, -0.05) is 35.9 Å². The van der Waals surface area contributed by atoms with Gasteiger partial charge in [-0.2, -0.15) is 10.2 Å². The second-order valence-electron chi connectivity index (χ2n) is 5.11. The molecule has 1 aromatic heterocycles. The molecule has 0 fully saturated rings. The lowest BCUT2D eigenvalue weighted by Crippen LogP contribution is -2.03. The van der Waals surface area contributed by atoms with E-state index < -0.39 is 0 Å². The SMILES string of the molecule is Cc1cc(Nc2ccccc2Cl)nc(Nc2ccccc2C#N)n1. The Bertz CT molecular complexity index is 917. The first-order valence-electron chi connectivity index (χ1n) is 7.29. The minimum Gasteiger partial charge on any atom is -0.339 e. The fourth-order valence-corrected chi connectivity index (χ4v) is 2.38. The molecular formula is C18H14ClN5. The summed E-state index contributed by atoms with van der Waals surface area (Å²) in [6.07, 6.45) is 0. The number of nitrogens with one attached hydrogen (secondary N) is 2. The van der Waals surface area contributed by atoms with Crippen molar-refractivity contribution in [3.05, 3.63) is 70.9 Å². The van der Waals surface area contributed by atoms with Gasteiger partial charge in [-0.25, -0.2) is 4.98 Å². The lowest BCUT2D eigenvalue weighted by atomic mass is 10.2. The Morgan fingerprint density at radius 3 is 2.42 bits per heavy atom. The Morgan fingerprint density at radius 2 is 1.67 bits per heavy atom. The van der Waals surface area contributed by atoms with Gasteiger partial charge in [-0.15, -0.1) is 0 Å². The topological polar surface area (TPSA) is 73.6 Å². The molecule has 5 nitrogen and oxygen atoms in total. The van der Waals surface area contributed by atoms with Crippen LogP contribution in [0.2, 0.25) is 5.02 Å². The Hall–Kier alpha value is -3.10. The van der Waals surface area contributed by atoms with E-state index in [2.05, 4.69) is 26.7 Å². The number of para-hydroxylation sites is 2. The highest BCUT2D eigenvalue weighted by atomic mass is 35.5. The van der Waals surface area contributed by atoms with E-state index in [9.17, 15) is 5.26 Å². The number of rotatable bonds is 4. The number of hydrogen-bond acceptors (Lipinski definition) is 5. The zero-order valence-corrected chi connectivity index (χ0v) is 13.7. The van der Waals surface area contributed by atoms with Gasteiger partial charge in [-0.05, 0) is 31.2 Å². The van der Waals surface area contributed by atoms with Crippen LogP contribution in [-0.2, 0) is 0 Å². The maximum Gasteiger partial charge on any atom is 0.229 e. The second-order valence-corrected chi connectivity index (χ2v) is 5.51. The number of nitriles is 1. The molecule has 0 radical (unpaired) electrons. The number of aromatic nitrogens is 2. The third-order valence-electron chi connectivity index (χ3n) is 3.28. The zero-order valence-electron chi connectivity index (χ0n) is 12.9. The Labute approximate surface area is 145 Å². The highest BCUT2D eigenvalue weighted by Gasteiger charge is 2.07. The van der Waals surface area contributed by atoms with Crippen molar-refractivity contribution in [3.8, 4) is 6.07 Å². The van der Waals surface area contributed by atoms with E-state index in [1.807, 2.05) is 49.4 Å². The van der Waals surface area contributed by atoms with Gasteiger partial charge in [0, 0.05) is 11.8 Å². The molecule has 24 heavy (non-hydrogen) atoms. The number of anilines is 4. The molecular weight excluding hydrogens is 322 g/mol. The number of aryl methyl sites for hydroxylation is 1. The molecule has 0 bridgehead atoms. The predicted molar refractivity (Wildman–Crippen MR) is 95.9 cm³/mol. The molecule has 0 aliphatic heterocycles. The van der Waals surface area contributed by atoms with Crippen molar-refractivity contribution in [2.45, 2.75) is 6.92 Å². The molecule has 3 rings (SSSR count). The van der Waals surface area contributed by atoms with Gasteiger partial charge < -0.3 is 10.6 Å². The number of benzene rings is 2. The van der Waals surface area contributed by atoms with Crippen LogP contribution in [-0.4, -0.2) is 9.97 Å². The summed E-state index contributed by atoms with van der Waals surface area (Å²) in [5, 5.41) is 16.0. The molecule has 0 unspecified atom stereocenters. The molecule has 0 saturated heterocycles. The van der Waals surface area contributed by atoms with Gasteiger partial charge in [-0.3, -0.25) is 0 Å². The van der Waals surface area contributed by atoms with Crippen LogP contribution < -0.4 is 10.6 Å². The van der Waals surface area contributed by atoms with Crippen LogP contribution in [0.3, 0.4) is 0 Å². The molecule has 0 atom stereocenters. The predicted octanol–water partition coefficient (Wildman–Crippen LogP) is 4.80. The van der Waals surface area contributed by atoms with Gasteiger partial charge >= 0.3 is 0 Å². The fraction of sp³-hybridized carbons (Fsp3) is 0.0556. The number of nitrogens with zero attached hydrogens (tertiary/aromatic N) is 3. The third-order valence-corrected chi connectivity index (χ3v) is 3.61. The molecule has 0 aliphatic rings. The van der Waals surface area contributed by atoms with Crippen LogP contribution in [0, 0.1) is 18.3 Å². The molecule has 0 spiro atoms. The Morgan fingerprint density at radius 1 is 0.958 bits per heavy atom. The van der Waals surface area contributed by atoms with E-state index in [0.29, 0.717) is 28.0 Å². The van der Waals surface area contributed by atoms with Crippen LogP contribution in [0.15, 0.2) is 54.6 Å². The van der Waals surface area contributed by atoms with E-state index in [1.54, 1.807) is 12.1 Å². The average Bonchev–Trinajstić information content (AvgIpc) is 2.57. The van der Waals surface area contributed by atoms with E-state index in [0.717, 1.165) is 11.4 Å². The summed E-state index contributed by atoms with van der Waals surface area (Å²) in [5.74, 6) is 1.03. The highest BCUT2D eigenvalue weighted by molar-refractivity contribution is 6.33. The minimum absolute atomic E-state index is 0.409. The highest BCUT2D eigenvalue weighted by Crippen LogP contribution is 2.25. The van der Waals surface area contributed by atoms with Gasteiger partial charge in [0.1, 0.15) is 11.9 Å². The number of hydrogen-bond donors (Lipinski definition) is 2. The summed E-state index contributed by atoms with van der Waals surface area (Å²) >= 11 is 6.17. The van der Waals surface area contributed by atoms with Gasteiger partial charge in [0.2, 0.25) is 5.95 Å². The number of halogens is 1. The van der Waals surface area contributed by atoms with Crippen LogP contribution in [0.1, 0.15) is 11.3 Å². The van der Waals surface area contributed by atoms with Crippen molar-refractivity contribution in [1.29, 1.82) is 5.26 Å². The average molecular weight is 336 g/mol. The third kappa shape index (κ3) is 3.62. The van der Waals surface area contributed by atoms with E-state index >= 15 is 0 Å². The van der Waals surface area contributed by atoms with Gasteiger partial charge in [0.05, 0.1) is 22.0 Å². The van der Waals surface area contributed by atoms with Crippen molar-refractivity contribution in [3.63, 3.8) is 0 Å². The molecule has 6 heteroatoms. The lowest BCUT2D eigenvalue weighted by Gasteiger charge is -2.11. The summed E-state index contributed by atoms with van der Waals surface area (Å²) in [7, 11) is 0. The molecule has 3 aromatic rings. The van der Waals surface area contributed by atoms with Crippen molar-refractivity contribution >= 4 is 34.7 Å². The zero-order chi connectivity index (χ0) is 16.9. The fourth-order valence-electron chi connectivity index (χ4n) is 2.20. The molecule has 2 N–H and O–H groups in total. The van der Waals surface area contributed by atoms with Crippen molar-refractivity contribution in [1.82, 2.24) is 9.97 Å². The second kappa shape index (κ2) is 6.99. The summed E-state index contributed by atoms with van der Waals surface area (Å²) in [4.78, 5) is 8.80. The molecule has 0 aliphatic carbocycles. The van der Waals surface area contributed by atoms with Crippen LogP contribution in [0.25, 0.3) is 0 Å². The first-order valence-corrected chi connectivity index (χ1v) is 7.67. The maximum atomic E-state index is 9.17. The van der Waals surface area contributed by atoms with Crippen LogP contribution >= 0.6 is 11.6 Å². The minimum atomic E-state index is 0.409. The van der Waals surface area contributed by atoms with E-state index in [4.69, 9.17) is 11.6 Å². The summed E-state index contributed by atoms with van der Waals surface area (Å²) in [6.45, 7) is 1.88. The molecule has 118 valence electrons. The molecule has 0 saturated carbocycles. The molecule has 1 heterocycles. The van der Waals surface area contributed by atoms with Crippen LogP contribution in [0.4, 0.5) is 23.1 Å². The first-order chi connectivity index (χ1) is 11.7. The largest absolute Gasteiger partial charge is 0.339 e. The summed E-state index contributed by atoms with van der Waals surface area (Å²) in [5.41, 5.74) is 2.75. The quantitative estimate of drug-likeness (QED) is 0.716. The summed E-state index contributed by atoms with van der Waals surface area (Å²) < 4.78 is 0.